The Balaban J connectivity index is 1.86. The molecule has 3 heteroatoms. The molecule has 0 N–H and O–H groups in total. The van der Waals surface area contributed by atoms with Crippen molar-refractivity contribution in [1.29, 1.82) is 0 Å². The summed E-state index contributed by atoms with van der Waals surface area (Å²) in [4.78, 5) is 14.0. The van der Waals surface area contributed by atoms with Crippen LogP contribution in [-0.2, 0) is 4.79 Å². The van der Waals surface area contributed by atoms with Gasteiger partial charge in [-0.25, -0.2) is 0 Å². The number of hydrogen-bond donors (Lipinski definition) is 0. The van der Waals surface area contributed by atoms with E-state index in [1.54, 1.807) is 0 Å². The molecule has 1 saturated heterocycles. The first kappa shape index (κ1) is 9.38. The molecule has 0 bridgehead atoms. The average molecular weight is 199 g/mol. The summed E-state index contributed by atoms with van der Waals surface area (Å²) in [5, 5.41) is 0. The summed E-state index contributed by atoms with van der Waals surface area (Å²) in [7, 11) is 0. The maximum atomic E-state index is 11.9. The summed E-state index contributed by atoms with van der Waals surface area (Å²) < 4.78 is 0. The lowest BCUT2D eigenvalue weighted by atomic mass is 10.1. The van der Waals surface area contributed by atoms with E-state index in [0.29, 0.717) is 17.7 Å². The quantitative estimate of drug-likeness (QED) is 0.673. The van der Waals surface area contributed by atoms with E-state index in [0.717, 1.165) is 24.6 Å². The second-order valence-corrected chi connectivity index (χ2v) is 5.29. The van der Waals surface area contributed by atoms with Crippen molar-refractivity contribution in [2.75, 3.05) is 24.6 Å². The van der Waals surface area contributed by atoms with Crippen molar-refractivity contribution < 1.29 is 4.79 Å². The van der Waals surface area contributed by atoms with Gasteiger partial charge in [-0.1, -0.05) is 6.92 Å². The molecular weight excluding hydrogens is 182 g/mol. The number of amides is 1. The molecular formula is C10H17NOS. The SMILES string of the molecule is CC(C(=O)N1CCSCC1)C1CC1. The van der Waals surface area contributed by atoms with Crippen LogP contribution in [0, 0.1) is 11.8 Å². The Morgan fingerprint density at radius 2 is 2.00 bits per heavy atom. The minimum absolute atomic E-state index is 0.295. The van der Waals surface area contributed by atoms with Crippen LogP contribution < -0.4 is 0 Å². The van der Waals surface area contributed by atoms with Gasteiger partial charge in [-0.05, 0) is 18.8 Å². The van der Waals surface area contributed by atoms with Gasteiger partial charge in [0.05, 0.1) is 0 Å². The van der Waals surface area contributed by atoms with Crippen LogP contribution in [0.2, 0.25) is 0 Å². The van der Waals surface area contributed by atoms with Crippen LogP contribution in [0.4, 0.5) is 0 Å². The normalized spacial score (nSPS) is 25.8. The number of thioether (sulfide) groups is 1. The highest BCUT2D eigenvalue weighted by Gasteiger charge is 2.35. The van der Waals surface area contributed by atoms with E-state index in [-0.39, 0.29) is 0 Å². The number of carbonyl (C=O) groups excluding carboxylic acids is 1. The molecule has 1 aliphatic carbocycles. The van der Waals surface area contributed by atoms with Gasteiger partial charge in [0.1, 0.15) is 0 Å². The number of nitrogens with zero attached hydrogens (tertiary/aromatic N) is 1. The summed E-state index contributed by atoms with van der Waals surface area (Å²) in [6.45, 7) is 4.04. The molecule has 1 heterocycles. The molecule has 1 saturated carbocycles. The molecule has 0 radical (unpaired) electrons. The molecule has 2 nitrogen and oxygen atoms in total. The molecule has 74 valence electrons. The van der Waals surface area contributed by atoms with E-state index in [9.17, 15) is 4.79 Å². The zero-order valence-corrected chi connectivity index (χ0v) is 8.98. The molecule has 1 atom stereocenters. The first-order valence-electron chi connectivity index (χ1n) is 5.15. The molecule has 2 aliphatic rings. The lowest BCUT2D eigenvalue weighted by Crippen LogP contribution is -2.41. The van der Waals surface area contributed by atoms with Crippen LogP contribution >= 0.6 is 11.8 Å². The lowest BCUT2D eigenvalue weighted by molar-refractivity contribution is -0.135. The Hall–Kier alpha value is -0.180. The molecule has 1 amide bonds. The van der Waals surface area contributed by atoms with Crippen molar-refractivity contribution in [3.63, 3.8) is 0 Å². The fraction of sp³-hybridized carbons (Fsp3) is 0.900. The molecule has 1 aliphatic heterocycles. The predicted octanol–water partition coefficient (Wildman–Crippen LogP) is 1.61. The third-order valence-corrected chi connectivity index (χ3v) is 3.98. The highest BCUT2D eigenvalue weighted by Crippen LogP contribution is 2.37. The Labute approximate surface area is 84.1 Å². The molecule has 0 aromatic carbocycles. The second kappa shape index (κ2) is 3.91. The van der Waals surface area contributed by atoms with Gasteiger partial charge < -0.3 is 4.90 Å². The van der Waals surface area contributed by atoms with Crippen LogP contribution in [0.1, 0.15) is 19.8 Å². The topological polar surface area (TPSA) is 20.3 Å². The first-order chi connectivity index (χ1) is 6.29. The molecule has 1 unspecified atom stereocenters. The number of carbonyl (C=O) groups is 1. The Bertz CT molecular complexity index is 197. The minimum atomic E-state index is 0.295. The van der Waals surface area contributed by atoms with Gasteiger partial charge in [0.25, 0.3) is 0 Å². The number of hydrogen-bond acceptors (Lipinski definition) is 2. The predicted molar refractivity (Wildman–Crippen MR) is 55.8 cm³/mol. The van der Waals surface area contributed by atoms with Crippen LogP contribution in [0.3, 0.4) is 0 Å². The maximum absolute atomic E-state index is 11.9. The lowest BCUT2D eigenvalue weighted by Gasteiger charge is -2.28. The standard InChI is InChI=1S/C10H17NOS/c1-8(9-2-3-9)10(12)11-4-6-13-7-5-11/h8-9H,2-7H2,1H3. The van der Waals surface area contributed by atoms with Gasteiger partial charge >= 0.3 is 0 Å². The molecule has 2 fully saturated rings. The van der Waals surface area contributed by atoms with Gasteiger partial charge in [-0.3, -0.25) is 4.79 Å². The average Bonchev–Trinajstić information content (AvgIpc) is 3.00. The van der Waals surface area contributed by atoms with Crippen molar-refractivity contribution in [3.8, 4) is 0 Å². The fourth-order valence-corrected chi connectivity index (χ4v) is 2.77. The summed E-state index contributed by atoms with van der Waals surface area (Å²) in [5.41, 5.74) is 0. The summed E-state index contributed by atoms with van der Waals surface area (Å²) >= 11 is 1.96. The molecule has 0 spiro atoms. The smallest absolute Gasteiger partial charge is 0.225 e. The van der Waals surface area contributed by atoms with Crippen LogP contribution in [0.25, 0.3) is 0 Å². The first-order valence-corrected chi connectivity index (χ1v) is 6.31. The van der Waals surface area contributed by atoms with E-state index >= 15 is 0 Å². The highest BCUT2D eigenvalue weighted by molar-refractivity contribution is 7.99. The van der Waals surface area contributed by atoms with Gasteiger partial charge in [0.2, 0.25) is 5.91 Å². The third-order valence-electron chi connectivity index (χ3n) is 3.04. The van der Waals surface area contributed by atoms with Gasteiger partial charge in [-0.15, -0.1) is 0 Å². The minimum Gasteiger partial charge on any atom is -0.341 e. The summed E-state index contributed by atoms with van der Waals surface area (Å²) in [6.07, 6.45) is 2.55. The third kappa shape index (κ3) is 2.19. The van der Waals surface area contributed by atoms with E-state index in [1.807, 2.05) is 11.8 Å². The fourth-order valence-electron chi connectivity index (χ4n) is 1.87. The van der Waals surface area contributed by atoms with Crippen LogP contribution in [0.15, 0.2) is 0 Å². The van der Waals surface area contributed by atoms with Gasteiger partial charge in [0, 0.05) is 30.5 Å². The van der Waals surface area contributed by atoms with Crippen molar-refractivity contribution in [3.05, 3.63) is 0 Å². The van der Waals surface area contributed by atoms with Gasteiger partial charge in [0.15, 0.2) is 0 Å². The largest absolute Gasteiger partial charge is 0.341 e. The zero-order valence-electron chi connectivity index (χ0n) is 8.16. The molecule has 13 heavy (non-hydrogen) atoms. The van der Waals surface area contributed by atoms with E-state index in [1.165, 1.54) is 12.8 Å². The maximum Gasteiger partial charge on any atom is 0.225 e. The Kier molecular flexibility index (Phi) is 2.82. The molecule has 2 rings (SSSR count). The van der Waals surface area contributed by atoms with Crippen LogP contribution in [0.5, 0.6) is 0 Å². The van der Waals surface area contributed by atoms with Crippen molar-refractivity contribution >= 4 is 17.7 Å². The second-order valence-electron chi connectivity index (χ2n) is 4.06. The molecule has 0 aromatic heterocycles. The van der Waals surface area contributed by atoms with E-state index in [4.69, 9.17) is 0 Å². The van der Waals surface area contributed by atoms with Crippen molar-refractivity contribution in [2.45, 2.75) is 19.8 Å². The summed E-state index contributed by atoms with van der Waals surface area (Å²) in [6, 6.07) is 0. The van der Waals surface area contributed by atoms with E-state index in [2.05, 4.69) is 11.8 Å². The Morgan fingerprint density at radius 1 is 1.38 bits per heavy atom. The zero-order chi connectivity index (χ0) is 9.26. The number of rotatable bonds is 2. The highest BCUT2D eigenvalue weighted by atomic mass is 32.2. The molecule has 0 aromatic rings. The summed E-state index contributed by atoms with van der Waals surface area (Å²) in [5.74, 6) is 3.67. The van der Waals surface area contributed by atoms with Crippen LogP contribution in [-0.4, -0.2) is 35.4 Å². The Morgan fingerprint density at radius 3 is 2.54 bits per heavy atom. The van der Waals surface area contributed by atoms with E-state index < -0.39 is 0 Å². The van der Waals surface area contributed by atoms with Gasteiger partial charge in [-0.2, -0.15) is 11.8 Å². The van der Waals surface area contributed by atoms with Crippen molar-refractivity contribution in [1.82, 2.24) is 4.90 Å². The van der Waals surface area contributed by atoms with Crippen molar-refractivity contribution in [2.24, 2.45) is 11.8 Å². The monoisotopic (exact) mass is 199 g/mol.